The number of hydrogen-bond donors (Lipinski definition) is 0. The second-order valence-corrected chi connectivity index (χ2v) is 7.46. The molecule has 0 bridgehead atoms. The number of likely N-dealkylation sites (tertiary alicyclic amines) is 1. The van der Waals surface area contributed by atoms with Crippen LogP contribution in [0.4, 0.5) is 0 Å². The van der Waals surface area contributed by atoms with E-state index < -0.39 is 0 Å². The van der Waals surface area contributed by atoms with E-state index in [0.29, 0.717) is 17.3 Å². The van der Waals surface area contributed by atoms with Crippen LogP contribution in [0.15, 0.2) is 0 Å². The third-order valence-electron chi connectivity index (χ3n) is 4.72. The van der Waals surface area contributed by atoms with Gasteiger partial charge in [0, 0.05) is 18.5 Å². The Kier molecular flexibility index (Phi) is 3.87. The van der Waals surface area contributed by atoms with Crippen LogP contribution in [0, 0.1) is 11.8 Å². The van der Waals surface area contributed by atoms with Gasteiger partial charge in [0.15, 0.2) is 0 Å². The zero-order chi connectivity index (χ0) is 12.6. The molecule has 0 aromatic heterocycles. The lowest BCUT2D eigenvalue weighted by molar-refractivity contribution is 0.218. The minimum absolute atomic E-state index is 0.537. The van der Waals surface area contributed by atoms with Gasteiger partial charge in [-0.15, -0.1) is 0 Å². The Morgan fingerprint density at radius 2 is 2.12 bits per heavy atom. The molecule has 2 rings (SSSR count). The molecule has 1 saturated carbocycles. The largest absolute Gasteiger partial charge is 0.363 e. The summed E-state index contributed by atoms with van der Waals surface area (Å²) < 4.78 is 0. The minimum Gasteiger partial charge on any atom is -0.363 e. The van der Waals surface area contributed by atoms with Crippen molar-refractivity contribution in [3.63, 3.8) is 0 Å². The van der Waals surface area contributed by atoms with E-state index >= 15 is 0 Å². The lowest BCUT2D eigenvalue weighted by atomic mass is 9.62. The van der Waals surface area contributed by atoms with Gasteiger partial charge in [-0.25, -0.2) is 0 Å². The van der Waals surface area contributed by atoms with Gasteiger partial charge in [0.25, 0.3) is 0 Å². The van der Waals surface area contributed by atoms with Gasteiger partial charge in [-0.2, -0.15) is 0 Å². The molecule has 0 N–H and O–H groups in total. The van der Waals surface area contributed by atoms with Gasteiger partial charge in [0.1, 0.15) is 7.85 Å². The molecule has 1 heterocycles. The molecule has 1 nitrogen and oxygen atoms in total. The van der Waals surface area contributed by atoms with Gasteiger partial charge in [-0.3, -0.25) is 0 Å². The fourth-order valence-electron chi connectivity index (χ4n) is 3.76. The zero-order valence-corrected chi connectivity index (χ0v) is 12.6. The first-order chi connectivity index (χ1) is 7.91. The van der Waals surface area contributed by atoms with Crippen molar-refractivity contribution in [2.45, 2.75) is 64.2 Å². The number of thiocarbonyl (C=S) groups is 1. The molecule has 0 spiro atoms. The standard InChI is InChI=1S/C14H26BNS/c1-10(2)16-8-6-11-9-14(3,15)7-4-5-12(11)13(16)17/h10-12H,4-9,15H2,1-3H3. The smallest absolute Gasteiger partial charge is 0.109 e. The maximum atomic E-state index is 5.76. The van der Waals surface area contributed by atoms with E-state index in [1.54, 1.807) is 0 Å². The molecule has 2 aliphatic rings. The van der Waals surface area contributed by atoms with Crippen molar-refractivity contribution in [2.24, 2.45) is 11.8 Å². The Labute approximate surface area is 113 Å². The van der Waals surface area contributed by atoms with Crippen molar-refractivity contribution in [2.75, 3.05) is 6.54 Å². The summed E-state index contributed by atoms with van der Waals surface area (Å²) in [6.07, 6.45) is 6.80. The van der Waals surface area contributed by atoms with Gasteiger partial charge in [-0.05, 0) is 32.6 Å². The molecule has 3 unspecified atom stereocenters. The summed E-state index contributed by atoms with van der Waals surface area (Å²) in [6.45, 7) is 8.17. The highest BCUT2D eigenvalue weighted by atomic mass is 32.1. The molecule has 1 aliphatic heterocycles. The fourth-order valence-corrected chi connectivity index (χ4v) is 4.37. The molecule has 0 amide bonds. The van der Waals surface area contributed by atoms with Crippen LogP contribution in [0.5, 0.6) is 0 Å². The predicted molar refractivity (Wildman–Crippen MR) is 81.4 cm³/mol. The average Bonchev–Trinajstić information content (AvgIpc) is 2.35. The van der Waals surface area contributed by atoms with Crippen molar-refractivity contribution >= 4 is 25.1 Å². The lowest BCUT2D eigenvalue weighted by Crippen LogP contribution is -2.47. The molecule has 0 aromatic carbocycles. The van der Waals surface area contributed by atoms with E-state index in [1.807, 2.05) is 0 Å². The average molecular weight is 251 g/mol. The summed E-state index contributed by atoms with van der Waals surface area (Å²) in [4.78, 5) is 3.74. The SMILES string of the molecule is BC1(C)CCCC2C(=S)N(C(C)C)CCC2C1. The van der Waals surface area contributed by atoms with Gasteiger partial charge in [0.2, 0.25) is 0 Å². The lowest BCUT2D eigenvalue weighted by Gasteiger charge is -2.43. The molecule has 1 saturated heterocycles. The van der Waals surface area contributed by atoms with Gasteiger partial charge < -0.3 is 4.90 Å². The van der Waals surface area contributed by atoms with Crippen LogP contribution < -0.4 is 0 Å². The molecule has 0 aromatic rings. The summed E-state index contributed by atoms with van der Waals surface area (Å²) >= 11 is 5.76. The van der Waals surface area contributed by atoms with Crippen LogP contribution >= 0.6 is 12.2 Å². The number of hydrogen-bond acceptors (Lipinski definition) is 1. The Morgan fingerprint density at radius 1 is 1.41 bits per heavy atom. The van der Waals surface area contributed by atoms with E-state index in [-0.39, 0.29) is 0 Å². The molecule has 17 heavy (non-hydrogen) atoms. The monoisotopic (exact) mass is 251 g/mol. The molecule has 0 radical (unpaired) electrons. The quantitative estimate of drug-likeness (QED) is 0.520. The first-order valence-corrected chi connectivity index (χ1v) is 7.62. The summed E-state index contributed by atoms with van der Waals surface area (Å²) in [5, 5.41) is 0.537. The van der Waals surface area contributed by atoms with Crippen LogP contribution in [-0.2, 0) is 0 Å². The van der Waals surface area contributed by atoms with Crippen LogP contribution in [0.1, 0.15) is 52.9 Å². The van der Waals surface area contributed by atoms with E-state index in [1.165, 1.54) is 43.6 Å². The Bertz CT molecular complexity index is 301. The van der Waals surface area contributed by atoms with E-state index in [0.717, 1.165) is 5.92 Å². The van der Waals surface area contributed by atoms with Crippen molar-refractivity contribution in [1.29, 1.82) is 0 Å². The molecule has 1 aliphatic carbocycles. The molecule has 96 valence electrons. The highest BCUT2D eigenvalue weighted by Gasteiger charge is 2.39. The van der Waals surface area contributed by atoms with Gasteiger partial charge in [-0.1, -0.05) is 43.7 Å². The number of piperidine rings is 1. The number of fused-ring (bicyclic) bond motifs is 1. The van der Waals surface area contributed by atoms with Gasteiger partial charge >= 0.3 is 0 Å². The third kappa shape index (κ3) is 2.86. The highest BCUT2D eigenvalue weighted by Crippen LogP contribution is 2.46. The predicted octanol–water partition coefficient (Wildman–Crippen LogP) is 3.05. The van der Waals surface area contributed by atoms with Gasteiger partial charge in [0.05, 0.1) is 4.99 Å². The Hall–Kier alpha value is -0.0451. The second kappa shape index (κ2) is 4.91. The van der Waals surface area contributed by atoms with Crippen molar-refractivity contribution in [1.82, 2.24) is 4.90 Å². The van der Waals surface area contributed by atoms with Crippen LogP contribution in [0.2, 0.25) is 5.31 Å². The van der Waals surface area contributed by atoms with Crippen LogP contribution in [0.3, 0.4) is 0 Å². The summed E-state index contributed by atoms with van der Waals surface area (Å²) in [6, 6.07) is 0.583. The zero-order valence-electron chi connectivity index (χ0n) is 11.8. The topological polar surface area (TPSA) is 3.24 Å². The second-order valence-electron chi connectivity index (χ2n) is 7.04. The Balaban J connectivity index is 2.12. The number of nitrogens with zero attached hydrogens (tertiary/aromatic N) is 1. The molecule has 2 fully saturated rings. The van der Waals surface area contributed by atoms with Crippen molar-refractivity contribution in [3.05, 3.63) is 0 Å². The molecule has 3 atom stereocenters. The molecular formula is C14H26BNS. The van der Waals surface area contributed by atoms with E-state index in [9.17, 15) is 0 Å². The maximum Gasteiger partial charge on any atom is 0.109 e. The summed E-state index contributed by atoms with van der Waals surface area (Å²) in [5.74, 6) is 1.55. The molecule has 3 heteroatoms. The van der Waals surface area contributed by atoms with Crippen molar-refractivity contribution < 1.29 is 0 Å². The number of rotatable bonds is 1. The first-order valence-electron chi connectivity index (χ1n) is 7.21. The van der Waals surface area contributed by atoms with Crippen molar-refractivity contribution in [3.8, 4) is 0 Å². The Morgan fingerprint density at radius 3 is 2.76 bits per heavy atom. The van der Waals surface area contributed by atoms with Crippen LogP contribution in [0.25, 0.3) is 0 Å². The fraction of sp³-hybridized carbons (Fsp3) is 0.929. The normalized spacial score (nSPS) is 39.1. The highest BCUT2D eigenvalue weighted by molar-refractivity contribution is 7.80. The summed E-state index contributed by atoms with van der Waals surface area (Å²) in [7, 11) is 2.44. The third-order valence-corrected chi connectivity index (χ3v) is 5.25. The maximum absolute atomic E-state index is 5.76. The van der Waals surface area contributed by atoms with E-state index in [4.69, 9.17) is 12.2 Å². The van der Waals surface area contributed by atoms with Crippen LogP contribution in [-0.4, -0.2) is 30.3 Å². The minimum atomic E-state index is 0.537. The van der Waals surface area contributed by atoms with E-state index in [2.05, 4.69) is 33.5 Å². The summed E-state index contributed by atoms with van der Waals surface area (Å²) in [5.41, 5.74) is 0. The molecular weight excluding hydrogens is 225 g/mol. The first kappa shape index (κ1) is 13.4.